The van der Waals surface area contributed by atoms with Gasteiger partial charge in [0.25, 0.3) is 0 Å². The zero-order valence-electron chi connectivity index (χ0n) is 10.3. The van der Waals surface area contributed by atoms with Crippen LogP contribution in [0.4, 0.5) is 0 Å². The van der Waals surface area contributed by atoms with Gasteiger partial charge in [0.2, 0.25) is 0 Å². The van der Waals surface area contributed by atoms with Crippen molar-refractivity contribution in [1.82, 2.24) is 14.9 Å². The Kier molecular flexibility index (Phi) is 2.48. The summed E-state index contributed by atoms with van der Waals surface area (Å²) in [5.41, 5.74) is 6.48. The molecule has 1 aromatic carbocycles. The summed E-state index contributed by atoms with van der Waals surface area (Å²) in [4.78, 5) is 4.38. The third-order valence-electron chi connectivity index (χ3n) is 3.63. The number of fused-ring (bicyclic) bond motifs is 1. The molecule has 0 unspecified atom stereocenters. The highest BCUT2D eigenvalue weighted by atomic mass is 15.1. The molecule has 0 bridgehead atoms. The molecule has 3 nitrogen and oxygen atoms in total. The molecule has 0 fully saturated rings. The van der Waals surface area contributed by atoms with Gasteiger partial charge in [-0.2, -0.15) is 0 Å². The van der Waals surface area contributed by atoms with Gasteiger partial charge in [0, 0.05) is 12.2 Å². The van der Waals surface area contributed by atoms with E-state index in [1.54, 1.807) is 0 Å². The van der Waals surface area contributed by atoms with E-state index in [-0.39, 0.29) is 0 Å². The molecule has 17 heavy (non-hydrogen) atoms. The van der Waals surface area contributed by atoms with E-state index in [4.69, 9.17) is 0 Å². The molecule has 88 valence electrons. The standard InChI is InChI=1S/C14H17N3/c1-10-11(2)17(9-16-10)14-5-3-4-12-6-7-15-8-13(12)14/h3-5,9,15H,6-8H2,1-2H3. The van der Waals surface area contributed by atoms with Gasteiger partial charge in [-0.05, 0) is 44.0 Å². The van der Waals surface area contributed by atoms with Crippen LogP contribution in [0.15, 0.2) is 24.5 Å². The molecular weight excluding hydrogens is 210 g/mol. The number of rotatable bonds is 1. The van der Waals surface area contributed by atoms with E-state index in [1.807, 2.05) is 6.33 Å². The van der Waals surface area contributed by atoms with Crippen LogP contribution in [-0.2, 0) is 13.0 Å². The molecule has 0 amide bonds. The molecule has 0 aliphatic carbocycles. The fraction of sp³-hybridized carbons (Fsp3) is 0.357. The first-order valence-electron chi connectivity index (χ1n) is 6.10. The molecule has 1 aliphatic heterocycles. The van der Waals surface area contributed by atoms with Gasteiger partial charge in [0.05, 0.1) is 17.7 Å². The van der Waals surface area contributed by atoms with Crippen molar-refractivity contribution in [3.8, 4) is 5.69 Å². The Hall–Kier alpha value is -1.61. The topological polar surface area (TPSA) is 29.9 Å². The first-order chi connectivity index (χ1) is 8.27. The molecule has 1 N–H and O–H groups in total. The molecule has 0 spiro atoms. The van der Waals surface area contributed by atoms with Gasteiger partial charge in [-0.15, -0.1) is 0 Å². The van der Waals surface area contributed by atoms with Gasteiger partial charge in [-0.3, -0.25) is 0 Å². The number of benzene rings is 1. The highest BCUT2D eigenvalue weighted by Crippen LogP contribution is 2.23. The smallest absolute Gasteiger partial charge is 0.0997 e. The number of nitrogens with zero attached hydrogens (tertiary/aromatic N) is 2. The van der Waals surface area contributed by atoms with Crippen LogP contribution in [0, 0.1) is 13.8 Å². The van der Waals surface area contributed by atoms with Gasteiger partial charge in [-0.1, -0.05) is 12.1 Å². The summed E-state index contributed by atoms with van der Waals surface area (Å²) in [5.74, 6) is 0. The lowest BCUT2D eigenvalue weighted by Gasteiger charge is -2.21. The summed E-state index contributed by atoms with van der Waals surface area (Å²) in [6.07, 6.45) is 3.05. The molecular formula is C14H17N3. The first-order valence-corrected chi connectivity index (χ1v) is 6.10. The van der Waals surface area contributed by atoms with Crippen LogP contribution in [-0.4, -0.2) is 16.1 Å². The van der Waals surface area contributed by atoms with Gasteiger partial charge in [0.1, 0.15) is 0 Å². The van der Waals surface area contributed by atoms with Crippen LogP contribution >= 0.6 is 0 Å². The highest BCUT2D eigenvalue weighted by Gasteiger charge is 2.14. The summed E-state index contributed by atoms with van der Waals surface area (Å²) in [6.45, 7) is 6.22. The van der Waals surface area contributed by atoms with E-state index >= 15 is 0 Å². The minimum Gasteiger partial charge on any atom is -0.312 e. The number of imidazole rings is 1. The maximum Gasteiger partial charge on any atom is 0.0997 e. The van der Waals surface area contributed by atoms with Crippen LogP contribution in [0.25, 0.3) is 5.69 Å². The molecule has 2 aromatic rings. The summed E-state index contributed by atoms with van der Waals surface area (Å²) < 4.78 is 2.20. The van der Waals surface area contributed by atoms with Crippen LogP contribution in [0.1, 0.15) is 22.5 Å². The Balaban J connectivity index is 2.18. The minimum absolute atomic E-state index is 0.960. The fourth-order valence-corrected chi connectivity index (χ4v) is 2.46. The highest BCUT2D eigenvalue weighted by molar-refractivity contribution is 5.48. The number of hydrogen-bond acceptors (Lipinski definition) is 2. The Morgan fingerprint density at radius 2 is 2.18 bits per heavy atom. The number of aromatic nitrogens is 2. The predicted molar refractivity (Wildman–Crippen MR) is 68.4 cm³/mol. The van der Waals surface area contributed by atoms with Crippen molar-refractivity contribution in [2.24, 2.45) is 0 Å². The average Bonchev–Trinajstić information content (AvgIpc) is 2.69. The molecule has 3 heteroatoms. The lowest BCUT2D eigenvalue weighted by atomic mass is 9.99. The Morgan fingerprint density at radius 1 is 1.29 bits per heavy atom. The minimum atomic E-state index is 0.960. The van der Waals surface area contributed by atoms with E-state index in [2.05, 4.69) is 46.9 Å². The number of hydrogen-bond donors (Lipinski definition) is 1. The zero-order valence-corrected chi connectivity index (χ0v) is 10.3. The van der Waals surface area contributed by atoms with Crippen LogP contribution in [0.3, 0.4) is 0 Å². The van der Waals surface area contributed by atoms with Crippen LogP contribution < -0.4 is 5.32 Å². The molecule has 2 heterocycles. The van der Waals surface area contributed by atoms with Crippen molar-refractivity contribution in [3.63, 3.8) is 0 Å². The van der Waals surface area contributed by atoms with E-state index in [0.29, 0.717) is 0 Å². The maximum absolute atomic E-state index is 4.38. The summed E-state index contributed by atoms with van der Waals surface area (Å²) >= 11 is 0. The summed E-state index contributed by atoms with van der Waals surface area (Å²) in [7, 11) is 0. The van der Waals surface area contributed by atoms with Gasteiger partial charge < -0.3 is 9.88 Å². The summed E-state index contributed by atoms with van der Waals surface area (Å²) in [6, 6.07) is 6.56. The van der Waals surface area contributed by atoms with E-state index in [1.165, 1.54) is 22.5 Å². The Bertz CT molecular complexity index is 555. The molecule has 0 atom stereocenters. The second kappa shape index (κ2) is 4.00. The fourth-order valence-electron chi connectivity index (χ4n) is 2.46. The average molecular weight is 227 g/mol. The van der Waals surface area contributed by atoms with Gasteiger partial charge >= 0.3 is 0 Å². The van der Waals surface area contributed by atoms with Crippen molar-refractivity contribution in [1.29, 1.82) is 0 Å². The van der Waals surface area contributed by atoms with Crippen molar-refractivity contribution in [2.75, 3.05) is 6.54 Å². The van der Waals surface area contributed by atoms with Crippen LogP contribution in [0.5, 0.6) is 0 Å². The molecule has 0 saturated heterocycles. The van der Waals surface area contributed by atoms with Crippen molar-refractivity contribution in [3.05, 3.63) is 47.0 Å². The monoisotopic (exact) mass is 227 g/mol. The quantitative estimate of drug-likeness (QED) is 0.809. The molecule has 1 aromatic heterocycles. The third kappa shape index (κ3) is 1.67. The number of nitrogens with one attached hydrogen (secondary N) is 1. The van der Waals surface area contributed by atoms with Crippen molar-refractivity contribution < 1.29 is 0 Å². The van der Waals surface area contributed by atoms with Gasteiger partial charge in [0.15, 0.2) is 0 Å². The Labute approximate surface area is 101 Å². The van der Waals surface area contributed by atoms with Crippen molar-refractivity contribution in [2.45, 2.75) is 26.8 Å². The van der Waals surface area contributed by atoms with Crippen molar-refractivity contribution >= 4 is 0 Å². The van der Waals surface area contributed by atoms with Gasteiger partial charge in [-0.25, -0.2) is 4.98 Å². The molecule has 1 aliphatic rings. The zero-order chi connectivity index (χ0) is 11.8. The third-order valence-corrected chi connectivity index (χ3v) is 3.63. The largest absolute Gasteiger partial charge is 0.312 e. The summed E-state index contributed by atoms with van der Waals surface area (Å²) in [5, 5.41) is 3.44. The normalized spacial score (nSPS) is 14.7. The van der Waals surface area contributed by atoms with E-state index < -0.39 is 0 Å². The molecule has 0 saturated carbocycles. The van der Waals surface area contributed by atoms with Crippen LogP contribution in [0.2, 0.25) is 0 Å². The number of aryl methyl sites for hydroxylation is 1. The maximum atomic E-state index is 4.38. The lowest BCUT2D eigenvalue weighted by molar-refractivity contribution is 0.639. The lowest BCUT2D eigenvalue weighted by Crippen LogP contribution is -2.25. The predicted octanol–water partition coefficient (Wildman–Crippen LogP) is 2.13. The Morgan fingerprint density at radius 3 is 2.94 bits per heavy atom. The second-order valence-corrected chi connectivity index (χ2v) is 4.63. The van der Waals surface area contributed by atoms with E-state index in [0.717, 1.165) is 25.2 Å². The van der Waals surface area contributed by atoms with E-state index in [9.17, 15) is 0 Å². The SMILES string of the molecule is Cc1ncn(-c2cccc3c2CNCC3)c1C. The second-order valence-electron chi connectivity index (χ2n) is 4.63. The molecule has 3 rings (SSSR count). The first kappa shape index (κ1) is 10.5. The molecule has 0 radical (unpaired) electrons.